The molecule has 1 aromatic heterocycles. The molecule has 39 heavy (non-hydrogen) atoms. The van der Waals surface area contributed by atoms with Crippen LogP contribution < -0.4 is 15.9 Å². The Morgan fingerprint density at radius 2 is 1.82 bits per heavy atom. The van der Waals surface area contributed by atoms with E-state index in [1.54, 1.807) is 5.01 Å². The van der Waals surface area contributed by atoms with E-state index in [-0.39, 0.29) is 17.8 Å². The largest absolute Gasteiger partial charge is 0.304 e. The second-order valence-electron chi connectivity index (χ2n) is 11.5. The van der Waals surface area contributed by atoms with Gasteiger partial charge in [0, 0.05) is 50.5 Å². The van der Waals surface area contributed by atoms with Crippen LogP contribution in [0.3, 0.4) is 0 Å². The molecule has 1 N–H and O–H groups in total. The summed E-state index contributed by atoms with van der Waals surface area (Å²) >= 11 is 0. The Balaban J connectivity index is 1.19. The van der Waals surface area contributed by atoms with E-state index in [9.17, 15) is 10.1 Å². The minimum Gasteiger partial charge on any atom is -0.304 e. The lowest BCUT2D eigenvalue weighted by Gasteiger charge is -2.42. The van der Waals surface area contributed by atoms with Gasteiger partial charge in [-0.3, -0.25) is 25.0 Å². The Kier molecular flexibility index (Phi) is 8.80. The molecule has 2 aromatic rings. The molecule has 2 unspecified atom stereocenters. The molecule has 10 heteroatoms. The standard InChI is InChI=1S/C29H39BN8O/c1-21-3-8-25(17-21)38(28-26(30)19-32-27(18-31)33-28)34-29(39)23-6-4-22(5-7-23)20-36-11-9-24(10-12-36)37-15-13-35(2)14-16-37/h4-7,19,21,24-25H,3,8-17,20H2,1-2H3,(H,34,39). The number of piperidine rings is 1. The fraction of sp³-hybridized carbons (Fsp3) is 0.586. The van der Waals surface area contributed by atoms with Crippen molar-refractivity contribution in [2.75, 3.05) is 51.3 Å². The van der Waals surface area contributed by atoms with Crippen molar-refractivity contribution in [3.05, 3.63) is 47.4 Å². The zero-order chi connectivity index (χ0) is 27.4. The van der Waals surface area contributed by atoms with Crippen LogP contribution in [0, 0.1) is 17.2 Å². The fourth-order valence-electron chi connectivity index (χ4n) is 6.18. The van der Waals surface area contributed by atoms with Crippen molar-refractivity contribution in [3.8, 4) is 6.07 Å². The number of hydrazine groups is 1. The molecule has 0 bridgehead atoms. The van der Waals surface area contributed by atoms with Gasteiger partial charge in [0.1, 0.15) is 19.7 Å². The summed E-state index contributed by atoms with van der Waals surface area (Å²) in [6, 6.07) is 10.6. The van der Waals surface area contributed by atoms with Crippen molar-refractivity contribution in [2.45, 2.75) is 57.7 Å². The molecule has 3 heterocycles. The summed E-state index contributed by atoms with van der Waals surface area (Å²) in [6.45, 7) is 10.0. The van der Waals surface area contributed by atoms with Crippen molar-refractivity contribution in [1.29, 1.82) is 5.26 Å². The first-order valence-electron chi connectivity index (χ1n) is 14.3. The van der Waals surface area contributed by atoms with E-state index in [0.29, 0.717) is 28.8 Å². The highest BCUT2D eigenvalue weighted by molar-refractivity contribution is 6.35. The lowest BCUT2D eigenvalue weighted by molar-refractivity contribution is 0.0658. The Morgan fingerprint density at radius 3 is 2.46 bits per heavy atom. The van der Waals surface area contributed by atoms with Crippen LogP contribution in [0.2, 0.25) is 0 Å². The van der Waals surface area contributed by atoms with E-state index >= 15 is 0 Å². The van der Waals surface area contributed by atoms with Crippen LogP contribution in [-0.2, 0) is 6.54 Å². The number of carbonyl (C=O) groups is 1. The molecule has 0 spiro atoms. The third-order valence-electron chi connectivity index (χ3n) is 8.61. The Bertz CT molecular complexity index is 1170. The maximum Gasteiger partial charge on any atom is 0.269 e. The third-order valence-corrected chi connectivity index (χ3v) is 8.61. The van der Waals surface area contributed by atoms with Crippen molar-refractivity contribution >= 4 is 25.0 Å². The van der Waals surface area contributed by atoms with E-state index in [4.69, 9.17) is 7.85 Å². The summed E-state index contributed by atoms with van der Waals surface area (Å²) in [5.74, 6) is 0.733. The number of rotatable bonds is 7. The number of likely N-dealkylation sites (N-methyl/N-ethyl adjacent to an activating group) is 1. The number of hydrogen-bond acceptors (Lipinski definition) is 8. The van der Waals surface area contributed by atoms with Gasteiger partial charge in [-0.25, -0.2) is 9.97 Å². The maximum absolute atomic E-state index is 13.3. The molecule has 2 atom stereocenters. The van der Waals surface area contributed by atoms with Crippen LogP contribution in [0.25, 0.3) is 0 Å². The van der Waals surface area contributed by atoms with Crippen molar-refractivity contribution in [3.63, 3.8) is 0 Å². The molecule has 204 valence electrons. The molecule has 1 amide bonds. The minimum absolute atomic E-state index is 0.0291. The highest BCUT2D eigenvalue weighted by atomic mass is 16.2. The zero-order valence-electron chi connectivity index (χ0n) is 23.2. The van der Waals surface area contributed by atoms with Crippen LogP contribution in [-0.4, -0.2) is 96.8 Å². The Labute approximate surface area is 233 Å². The van der Waals surface area contributed by atoms with Crippen molar-refractivity contribution in [1.82, 2.24) is 30.1 Å². The van der Waals surface area contributed by atoms with Gasteiger partial charge in [0.25, 0.3) is 5.91 Å². The van der Waals surface area contributed by atoms with E-state index < -0.39 is 0 Å². The van der Waals surface area contributed by atoms with E-state index in [1.165, 1.54) is 50.8 Å². The highest BCUT2D eigenvalue weighted by Crippen LogP contribution is 2.30. The predicted octanol–water partition coefficient (Wildman–Crippen LogP) is 1.69. The Morgan fingerprint density at radius 1 is 1.10 bits per heavy atom. The zero-order valence-corrected chi connectivity index (χ0v) is 23.2. The van der Waals surface area contributed by atoms with Crippen LogP contribution >= 0.6 is 0 Å². The van der Waals surface area contributed by atoms with E-state index in [2.05, 4.69) is 56.2 Å². The van der Waals surface area contributed by atoms with Gasteiger partial charge in [0.15, 0.2) is 0 Å². The van der Waals surface area contributed by atoms with Gasteiger partial charge < -0.3 is 4.90 Å². The minimum atomic E-state index is -0.217. The molecule has 2 aliphatic heterocycles. The average Bonchev–Trinajstić information content (AvgIpc) is 3.39. The number of likely N-dealkylation sites (tertiary alicyclic amines) is 1. The first-order chi connectivity index (χ1) is 18.9. The summed E-state index contributed by atoms with van der Waals surface area (Å²) in [5.41, 5.74) is 5.17. The molecule has 2 saturated heterocycles. The van der Waals surface area contributed by atoms with Gasteiger partial charge in [-0.15, -0.1) is 0 Å². The predicted molar refractivity (Wildman–Crippen MR) is 153 cm³/mol. The first kappa shape index (κ1) is 27.6. The van der Waals surface area contributed by atoms with Gasteiger partial charge in [0.2, 0.25) is 5.82 Å². The lowest BCUT2D eigenvalue weighted by Crippen LogP contribution is -2.52. The number of anilines is 1. The number of aromatic nitrogens is 2. The van der Waals surface area contributed by atoms with Crippen LogP contribution in [0.1, 0.15) is 60.8 Å². The van der Waals surface area contributed by atoms with E-state index in [0.717, 1.165) is 38.9 Å². The quantitative estimate of drug-likeness (QED) is 0.431. The molecule has 5 rings (SSSR count). The molecule has 1 aliphatic carbocycles. The number of nitriles is 1. The SMILES string of the molecule is [B]c1cnc(C#N)nc1N(NC(=O)c1ccc(CN2CCC(N3CCN(C)CC3)CC2)cc1)C1CCC(C)C1. The molecule has 3 fully saturated rings. The summed E-state index contributed by atoms with van der Waals surface area (Å²) in [5, 5.41) is 11.1. The number of nitrogens with zero attached hydrogens (tertiary/aromatic N) is 7. The molecule has 9 nitrogen and oxygen atoms in total. The maximum atomic E-state index is 13.3. The lowest BCUT2D eigenvalue weighted by atomic mass is 9.98. The summed E-state index contributed by atoms with van der Waals surface area (Å²) in [7, 11) is 8.40. The monoisotopic (exact) mass is 526 g/mol. The van der Waals surface area contributed by atoms with Crippen LogP contribution in [0.4, 0.5) is 5.82 Å². The second kappa shape index (κ2) is 12.5. The molecule has 1 saturated carbocycles. The molecular formula is C29H39BN8O. The smallest absolute Gasteiger partial charge is 0.269 e. The molecular weight excluding hydrogens is 487 g/mol. The van der Waals surface area contributed by atoms with Gasteiger partial charge >= 0.3 is 0 Å². The van der Waals surface area contributed by atoms with Gasteiger partial charge in [-0.1, -0.05) is 19.1 Å². The number of nitrogens with one attached hydrogen (secondary N) is 1. The number of benzene rings is 1. The second-order valence-corrected chi connectivity index (χ2v) is 11.5. The number of amides is 1. The topological polar surface area (TPSA) is 91.6 Å². The van der Waals surface area contributed by atoms with Crippen molar-refractivity contribution < 1.29 is 4.79 Å². The molecule has 1 aromatic carbocycles. The third kappa shape index (κ3) is 6.78. The Hall–Kier alpha value is -3.00. The van der Waals surface area contributed by atoms with Crippen molar-refractivity contribution in [2.24, 2.45) is 5.92 Å². The van der Waals surface area contributed by atoms with Crippen LogP contribution in [0.5, 0.6) is 0 Å². The fourth-order valence-corrected chi connectivity index (χ4v) is 6.18. The van der Waals surface area contributed by atoms with Gasteiger partial charge in [-0.05, 0) is 81.3 Å². The number of hydrogen-bond donors (Lipinski definition) is 1. The number of piperazine rings is 1. The first-order valence-corrected chi connectivity index (χ1v) is 14.3. The number of carbonyl (C=O) groups excluding carboxylic acids is 1. The summed E-state index contributed by atoms with van der Waals surface area (Å²) < 4.78 is 0. The average molecular weight is 526 g/mol. The van der Waals surface area contributed by atoms with Gasteiger partial charge in [-0.2, -0.15) is 5.26 Å². The van der Waals surface area contributed by atoms with E-state index in [1.807, 2.05) is 18.2 Å². The molecule has 2 radical (unpaired) electrons. The summed E-state index contributed by atoms with van der Waals surface area (Å²) in [6.07, 6.45) is 6.77. The summed E-state index contributed by atoms with van der Waals surface area (Å²) in [4.78, 5) is 29.2. The van der Waals surface area contributed by atoms with Crippen LogP contribution in [0.15, 0.2) is 30.5 Å². The normalized spacial score (nSPS) is 23.4. The van der Waals surface area contributed by atoms with Gasteiger partial charge in [0.05, 0.1) is 6.04 Å². The highest BCUT2D eigenvalue weighted by Gasteiger charge is 2.31. The molecule has 3 aliphatic rings.